The lowest BCUT2D eigenvalue weighted by atomic mass is 10.1. The number of carbonyl (C=O) groups excluding carboxylic acids is 2. The molecule has 6 heteroatoms. The van der Waals surface area contributed by atoms with Gasteiger partial charge in [0.1, 0.15) is 0 Å². The van der Waals surface area contributed by atoms with Crippen LogP contribution in [0.2, 0.25) is 0 Å². The van der Waals surface area contributed by atoms with Gasteiger partial charge < -0.3 is 19.7 Å². The Bertz CT molecular complexity index is 333. The summed E-state index contributed by atoms with van der Waals surface area (Å²) in [4.78, 5) is 22.9. The highest BCUT2D eigenvalue weighted by molar-refractivity contribution is 5.91. The van der Waals surface area contributed by atoms with E-state index in [4.69, 9.17) is 19.7 Å². The number of carbonyl (C=O) groups is 2. The molecule has 0 spiro atoms. The maximum Gasteiger partial charge on any atom is 0.331 e. The standard InChI is InChI=1S/C20H36O6/c21-15-9-5-1-3-7-11-17-25-19(23)13-14-20(24)26-18-12-8-4-2-6-10-16-22/h13-14,21-22H,1-12,15-18H2/b14-13+. The molecule has 6 nitrogen and oxygen atoms in total. The van der Waals surface area contributed by atoms with Crippen molar-refractivity contribution in [2.24, 2.45) is 0 Å². The summed E-state index contributed by atoms with van der Waals surface area (Å²) in [5.74, 6) is -1.04. The number of aliphatic hydroxyl groups is 2. The van der Waals surface area contributed by atoms with Gasteiger partial charge in [0.05, 0.1) is 13.2 Å². The molecule has 0 aliphatic heterocycles. The number of hydrogen-bond donors (Lipinski definition) is 2. The number of hydrogen-bond acceptors (Lipinski definition) is 6. The number of ether oxygens (including phenoxy) is 2. The number of rotatable bonds is 18. The van der Waals surface area contributed by atoms with Crippen molar-refractivity contribution in [3.8, 4) is 0 Å². The van der Waals surface area contributed by atoms with Gasteiger partial charge in [-0.1, -0.05) is 51.4 Å². The van der Waals surface area contributed by atoms with Crippen molar-refractivity contribution in [3.63, 3.8) is 0 Å². The van der Waals surface area contributed by atoms with Gasteiger partial charge in [0.15, 0.2) is 0 Å². The highest BCUT2D eigenvalue weighted by atomic mass is 16.5. The summed E-state index contributed by atoms with van der Waals surface area (Å²) < 4.78 is 10.0. The Labute approximate surface area is 157 Å². The van der Waals surface area contributed by atoms with Crippen LogP contribution in [0.15, 0.2) is 12.2 Å². The largest absolute Gasteiger partial charge is 0.463 e. The van der Waals surface area contributed by atoms with Gasteiger partial charge in [0.2, 0.25) is 0 Å². The smallest absolute Gasteiger partial charge is 0.331 e. The van der Waals surface area contributed by atoms with E-state index >= 15 is 0 Å². The SMILES string of the molecule is O=C(/C=C/C(=O)OCCCCCCCCO)OCCCCCCCCO. The maximum atomic E-state index is 11.5. The van der Waals surface area contributed by atoms with Crippen LogP contribution in [-0.4, -0.2) is 48.6 Å². The van der Waals surface area contributed by atoms with Crippen LogP contribution in [0.5, 0.6) is 0 Å². The van der Waals surface area contributed by atoms with E-state index in [0.29, 0.717) is 13.2 Å². The van der Waals surface area contributed by atoms with Crippen molar-refractivity contribution < 1.29 is 29.3 Å². The zero-order chi connectivity index (χ0) is 19.3. The van der Waals surface area contributed by atoms with Crippen molar-refractivity contribution in [3.05, 3.63) is 12.2 Å². The predicted molar refractivity (Wildman–Crippen MR) is 101 cm³/mol. The molecule has 0 rings (SSSR count). The van der Waals surface area contributed by atoms with E-state index in [-0.39, 0.29) is 13.2 Å². The highest BCUT2D eigenvalue weighted by Crippen LogP contribution is 2.06. The van der Waals surface area contributed by atoms with Crippen LogP contribution < -0.4 is 0 Å². The number of esters is 2. The molecule has 152 valence electrons. The fraction of sp³-hybridized carbons (Fsp3) is 0.800. The summed E-state index contributed by atoms with van der Waals surface area (Å²) in [5.41, 5.74) is 0. The Morgan fingerprint density at radius 2 is 0.846 bits per heavy atom. The average molecular weight is 373 g/mol. The zero-order valence-electron chi connectivity index (χ0n) is 16.0. The number of unbranched alkanes of at least 4 members (excludes halogenated alkanes) is 10. The minimum Gasteiger partial charge on any atom is -0.463 e. The van der Waals surface area contributed by atoms with E-state index in [1.165, 1.54) is 0 Å². The van der Waals surface area contributed by atoms with Gasteiger partial charge in [0, 0.05) is 25.4 Å². The van der Waals surface area contributed by atoms with Crippen LogP contribution in [-0.2, 0) is 19.1 Å². The molecule has 0 amide bonds. The molecule has 0 bridgehead atoms. The van der Waals surface area contributed by atoms with Crippen molar-refractivity contribution in [1.29, 1.82) is 0 Å². The molecular weight excluding hydrogens is 336 g/mol. The normalized spacial score (nSPS) is 11.0. The Balaban J connectivity index is 3.45. The van der Waals surface area contributed by atoms with Crippen LogP contribution in [0.3, 0.4) is 0 Å². The second-order valence-corrected chi connectivity index (χ2v) is 6.36. The van der Waals surface area contributed by atoms with Gasteiger partial charge in [-0.15, -0.1) is 0 Å². The molecule has 2 N–H and O–H groups in total. The third-order valence-electron chi connectivity index (χ3n) is 3.95. The summed E-state index contributed by atoms with van der Waals surface area (Å²) in [6.07, 6.45) is 13.9. The van der Waals surface area contributed by atoms with Crippen molar-refractivity contribution in [1.82, 2.24) is 0 Å². The lowest BCUT2D eigenvalue weighted by Crippen LogP contribution is -2.06. The molecule has 0 atom stereocenters. The molecule has 0 aliphatic carbocycles. The summed E-state index contributed by atoms with van der Waals surface area (Å²) in [6, 6.07) is 0. The fourth-order valence-corrected chi connectivity index (χ4v) is 2.42. The van der Waals surface area contributed by atoms with Gasteiger partial charge in [-0.2, -0.15) is 0 Å². The van der Waals surface area contributed by atoms with Crippen molar-refractivity contribution in [2.45, 2.75) is 77.0 Å². The molecule has 0 saturated carbocycles. The molecule has 0 aromatic heterocycles. The quantitative estimate of drug-likeness (QED) is 0.218. The van der Waals surface area contributed by atoms with Gasteiger partial charge in [-0.3, -0.25) is 0 Å². The second-order valence-electron chi connectivity index (χ2n) is 6.36. The van der Waals surface area contributed by atoms with E-state index in [1.807, 2.05) is 0 Å². The summed E-state index contributed by atoms with van der Waals surface area (Å²) in [6.45, 7) is 1.21. The van der Waals surface area contributed by atoms with Crippen LogP contribution in [0.4, 0.5) is 0 Å². The fourth-order valence-electron chi connectivity index (χ4n) is 2.42. The summed E-state index contributed by atoms with van der Waals surface area (Å²) in [7, 11) is 0. The van der Waals surface area contributed by atoms with Crippen LogP contribution in [0.1, 0.15) is 77.0 Å². The maximum absolute atomic E-state index is 11.5. The topological polar surface area (TPSA) is 93.1 Å². The monoisotopic (exact) mass is 372 g/mol. The van der Waals surface area contributed by atoms with E-state index in [0.717, 1.165) is 89.2 Å². The molecule has 0 aromatic carbocycles. The molecule has 0 radical (unpaired) electrons. The van der Waals surface area contributed by atoms with Gasteiger partial charge in [-0.25, -0.2) is 9.59 Å². The molecule has 26 heavy (non-hydrogen) atoms. The Morgan fingerprint density at radius 3 is 1.19 bits per heavy atom. The third-order valence-corrected chi connectivity index (χ3v) is 3.95. The second kappa shape index (κ2) is 19.9. The van der Waals surface area contributed by atoms with Crippen molar-refractivity contribution >= 4 is 11.9 Å². The van der Waals surface area contributed by atoms with Gasteiger partial charge in [0.25, 0.3) is 0 Å². The minimum absolute atomic E-state index is 0.248. The van der Waals surface area contributed by atoms with Crippen molar-refractivity contribution in [2.75, 3.05) is 26.4 Å². The summed E-state index contributed by atoms with van der Waals surface area (Å²) in [5, 5.41) is 17.3. The van der Waals surface area contributed by atoms with E-state index in [9.17, 15) is 9.59 Å². The molecule has 0 unspecified atom stereocenters. The van der Waals surface area contributed by atoms with Gasteiger partial charge >= 0.3 is 11.9 Å². The van der Waals surface area contributed by atoms with E-state index < -0.39 is 11.9 Å². The third kappa shape index (κ3) is 18.9. The Hall–Kier alpha value is -1.40. The zero-order valence-corrected chi connectivity index (χ0v) is 16.0. The first-order chi connectivity index (χ1) is 12.7. The molecule has 0 fully saturated rings. The lowest BCUT2D eigenvalue weighted by molar-refractivity contribution is -0.140. The molecule has 0 saturated heterocycles. The van der Waals surface area contributed by atoms with Crippen LogP contribution >= 0.6 is 0 Å². The molecule has 0 aromatic rings. The molecule has 0 aliphatic rings. The molecule has 0 heterocycles. The predicted octanol–water partition coefficient (Wildman–Crippen LogP) is 3.29. The first kappa shape index (κ1) is 24.6. The van der Waals surface area contributed by atoms with E-state index in [2.05, 4.69) is 0 Å². The highest BCUT2D eigenvalue weighted by Gasteiger charge is 2.01. The summed E-state index contributed by atoms with van der Waals surface area (Å²) >= 11 is 0. The van der Waals surface area contributed by atoms with Gasteiger partial charge in [-0.05, 0) is 25.7 Å². The first-order valence-corrected chi connectivity index (χ1v) is 9.94. The van der Waals surface area contributed by atoms with E-state index in [1.54, 1.807) is 0 Å². The Kier molecular flexibility index (Phi) is 18.8. The number of aliphatic hydroxyl groups excluding tert-OH is 2. The van der Waals surface area contributed by atoms with Crippen LogP contribution in [0, 0.1) is 0 Å². The minimum atomic E-state index is -0.522. The lowest BCUT2D eigenvalue weighted by Gasteiger charge is -2.03. The Morgan fingerprint density at radius 1 is 0.538 bits per heavy atom. The molecular formula is C20H36O6. The van der Waals surface area contributed by atoms with Crippen LogP contribution in [0.25, 0.3) is 0 Å². The first-order valence-electron chi connectivity index (χ1n) is 9.94. The average Bonchev–Trinajstić information content (AvgIpc) is 2.64.